The second-order valence-corrected chi connectivity index (χ2v) is 4.87. The van der Waals surface area contributed by atoms with Crippen LogP contribution in [0.4, 0.5) is 0 Å². The molecule has 0 unspecified atom stereocenters. The van der Waals surface area contributed by atoms with Gasteiger partial charge in [0.15, 0.2) is 11.4 Å². The maximum atomic E-state index is 10.8. The minimum Gasteiger partial charge on any atom is -0.298 e. The molecule has 0 aliphatic rings. The minimum atomic E-state index is 0.107. The Bertz CT molecular complexity index is 481. The van der Waals surface area contributed by atoms with Crippen LogP contribution in [0.3, 0.4) is 0 Å². The Kier molecular flexibility index (Phi) is 5.51. The number of carbonyl (C=O) groups excluding carboxylic acids is 2. The highest BCUT2D eigenvalue weighted by Gasteiger charge is 1.98. The van der Waals surface area contributed by atoms with E-state index in [4.69, 9.17) is 0 Å². The van der Waals surface area contributed by atoms with Gasteiger partial charge in [-0.15, -0.1) is 0 Å². The summed E-state index contributed by atoms with van der Waals surface area (Å²) < 4.78 is 0. The Morgan fingerprint density at radius 2 is 2.24 bits per heavy atom. The summed E-state index contributed by atoms with van der Waals surface area (Å²) in [5.74, 6) is 6.65. The first-order valence-corrected chi connectivity index (χ1v) is 6.30. The lowest BCUT2D eigenvalue weighted by molar-refractivity contribution is -0.109. The van der Waals surface area contributed by atoms with Gasteiger partial charge in [0.05, 0.1) is 0 Å². The molecule has 1 aromatic rings. The maximum Gasteiger partial charge on any atom is 0.185 e. The van der Waals surface area contributed by atoms with Crippen LogP contribution in [0, 0.1) is 18.8 Å². The summed E-state index contributed by atoms with van der Waals surface area (Å²) in [4.78, 5) is 21.5. The molecule has 0 bridgehead atoms. The molecule has 2 nitrogen and oxygen atoms in total. The molecular formula is C14H14O2S. The number of thioether (sulfide) groups is 1. The summed E-state index contributed by atoms with van der Waals surface area (Å²) in [6.07, 6.45) is 1.46. The molecule has 0 aromatic heterocycles. The van der Waals surface area contributed by atoms with Crippen LogP contribution in [-0.4, -0.2) is 17.2 Å². The van der Waals surface area contributed by atoms with E-state index in [2.05, 4.69) is 11.8 Å². The molecule has 0 heterocycles. The maximum absolute atomic E-state index is 10.8. The fraction of sp³-hybridized carbons (Fsp3) is 0.286. The molecule has 88 valence electrons. The monoisotopic (exact) mass is 246 g/mol. The van der Waals surface area contributed by atoms with Gasteiger partial charge in [-0.2, -0.15) is 0 Å². The average Bonchev–Trinajstić information content (AvgIpc) is 2.28. The van der Waals surface area contributed by atoms with E-state index >= 15 is 0 Å². The molecule has 0 saturated carbocycles. The van der Waals surface area contributed by atoms with Crippen molar-refractivity contribution in [1.29, 1.82) is 0 Å². The van der Waals surface area contributed by atoms with Crippen LogP contribution < -0.4 is 0 Å². The summed E-state index contributed by atoms with van der Waals surface area (Å²) in [6, 6.07) is 5.56. The van der Waals surface area contributed by atoms with Crippen molar-refractivity contribution in [3.63, 3.8) is 0 Å². The predicted octanol–water partition coefficient (Wildman–Crippen LogP) is 2.83. The SMILES string of the molecule is CC(=O)SCCC#Cc1cc(C)ccc1C=O. The molecule has 0 atom stereocenters. The molecule has 0 N–H and O–H groups in total. The number of rotatable bonds is 3. The number of aldehydes is 1. The van der Waals surface area contributed by atoms with Crippen LogP contribution in [0.5, 0.6) is 0 Å². The predicted molar refractivity (Wildman–Crippen MR) is 71.2 cm³/mol. The molecule has 0 aliphatic carbocycles. The highest BCUT2D eigenvalue weighted by atomic mass is 32.2. The van der Waals surface area contributed by atoms with Crippen LogP contribution >= 0.6 is 11.8 Å². The summed E-state index contributed by atoms with van der Waals surface area (Å²) in [7, 11) is 0. The van der Waals surface area contributed by atoms with E-state index in [1.54, 1.807) is 13.0 Å². The third kappa shape index (κ3) is 4.88. The summed E-state index contributed by atoms with van der Waals surface area (Å²) in [5, 5.41) is 0.107. The molecule has 1 rings (SSSR count). The van der Waals surface area contributed by atoms with Gasteiger partial charge in [-0.3, -0.25) is 9.59 Å². The van der Waals surface area contributed by atoms with Crippen molar-refractivity contribution in [2.75, 3.05) is 5.75 Å². The smallest absolute Gasteiger partial charge is 0.185 e. The van der Waals surface area contributed by atoms with Crippen LogP contribution in [0.1, 0.15) is 34.8 Å². The lowest BCUT2D eigenvalue weighted by atomic mass is 10.1. The van der Waals surface area contributed by atoms with E-state index in [9.17, 15) is 9.59 Å². The van der Waals surface area contributed by atoms with E-state index < -0.39 is 0 Å². The van der Waals surface area contributed by atoms with Crippen molar-refractivity contribution in [1.82, 2.24) is 0 Å². The number of carbonyl (C=O) groups is 2. The van der Waals surface area contributed by atoms with Crippen LogP contribution in [0.15, 0.2) is 18.2 Å². The largest absolute Gasteiger partial charge is 0.298 e. The summed E-state index contributed by atoms with van der Waals surface area (Å²) in [6.45, 7) is 3.51. The first kappa shape index (κ1) is 13.5. The van der Waals surface area contributed by atoms with Crippen LogP contribution in [0.2, 0.25) is 0 Å². The van der Waals surface area contributed by atoms with Gasteiger partial charge < -0.3 is 0 Å². The Labute approximate surface area is 106 Å². The van der Waals surface area contributed by atoms with E-state index in [-0.39, 0.29) is 5.12 Å². The Morgan fingerprint density at radius 3 is 2.88 bits per heavy atom. The highest BCUT2D eigenvalue weighted by Crippen LogP contribution is 2.09. The van der Waals surface area contributed by atoms with Crippen molar-refractivity contribution in [2.24, 2.45) is 0 Å². The molecule has 0 spiro atoms. The minimum absolute atomic E-state index is 0.107. The number of benzene rings is 1. The summed E-state index contributed by atoms with van der Waals surface area (Å²) in [5.41, 5.74) is 2.45. The van der Waals surface area contributed by atoms with Gasteiger partial charge in [-0.05, 0) is 18.6 Å². The van der Waals surface area contributed by atoms with Gasteiger partial charge in [-0.1, -0.05) is 35.7 Å². The topological polar surface area (TPSA) is 34.1 Å². The number of hydrogen-bond acceptors (Lipinski definition) is 3. The molecule has 3 heteroatoms. The third-order valence-corrected chi connectivity index (χ3v) is 2.91. The normalized spacial score (nSPS) is 9.29. The Balaban J connectivity index is 2.67. The zero-order valence-electron chi connectivity index (χ0n) is 9.95. The number of hydrogen-bond donors (Lipinski definition) is 0. The van der Waals surface area contributed by atoms with Gasteiger partial charge in [0.2, 0.25) is 0 Å². The van der Waals surface area contributed by atoms with Crippen molar-refractivity contribution >= 4 is 23.2 Å². The van der Waals surface area contributed by atoms with Gasteiger partial charge in [-0.25, -0.2) is 0 Å². The second kappa shape index (κ2) is 6.93. The molecular weight excluding hydrogens is 232 g/mol. The number of aryl methyl sites for hydroxylation is 1. The van der Waals surface area contributed by atoms with Gasteiger partial charge in [0.25, 0.3) is 0 Å². The van der Waals surface area contributed by atoms with Gasteiger partial charge >= 0.3 is 0 Å². The first-order chi connectivity index (χ1) is 8.13. The zero-order valence-corrected chi connectivity index (χ0v) is 10.8. The zero-order chi connectivity index (χ0) is 12.7. The highest BCUT2D eigenvalue weighted by molar-refractivity contribution is 8.13. The second-order valence-electron chi connectivity index (χ2n) is 3.60. The molecule has 0 fully saturated rings. The van der Waals surface area contributed by atoms with Crippen LogP contribution in [0.25, 0.3) is 0 Å². The van der Waals surface area contributed by atoms with E-state index in [0.29, 0.717) is 17.7 Å². The molecule has 17 heavy (non-hydrogen) atoms. The molecule has 0 aliphatic heterocycles. The first-order valence-electron chi connectivity index (χ1n) is 5.31. The van der Waals surface area contributed by atoms with Crippen molar-refractivity contribution in [3.8, 4) is 11.8 Å². The van der Waals surface area contributed by atoms with Crippen molar-refractivity contribution in [2.45, 2.75) is 20.3 Å². The van der Waals surface area contributed by atoms with Gasteiger partial charge in [0, 0.05) is 30.2 Å². The summed E-state index contributed by atoms with van der Waals surface area (Å²) >= 11 is 1.27. The Morgan fingerprint density at radius 1 is 1.47 bits per heavy atom. The van der Waals surface area contributed by atoms with E-state index in [0.717, 1.165) is 17.4 Å². The molecule has 0 amide bonds. The fourth-order valence-corrected chi connectivity index (χ4v) is 1.78. The Hall–Kier alpha value is -1.53. The van der Waals surface area contributed by atoms with E-state index in [1.807, 2.05) is 19.1 Å². The van der Waals surface area contributed by atoms with Crippen molar-refractivity contribution < 1.29 is 9.59 Å². The fourth-order valence-electron chi connectivity index (χ4n) is 1.28. The quantitative estimate of drug-likeness (QED) is 0.467. The van der Waals surface area contributed by atoms with E-state index in [1.165, 1.54) is 11.8 Å². The lowest BCUT2D eigenvalue weighted by Crippen LogP contribution is -1.88. The standard InChI is InChI=1S/C14H14O2S/c1-11-6-7-14(10-15)13(9-11)5-3-4-8-17-12(2)16/h6-7,9-10H,4,8H2,1-2H3. The third-order valence-electron chi connectivity index (χ3n) is 2.09. The lowest BCUT2D eigenvalue weighted by Gasteiger charge is -1.98. The molecule has 0 saturated heterocycles. The van der Waals surface area contributed by atoms with Gasteiger partial charge in [0.1, 0.15) is 0 Å². The average molecular weight is 246 g/mol. The molecule has 0 radical (unpaired) electrons. The van der Waals surface area contributed by atoms with Crippen molar-refractivity contribution in [3.05, 3.63) is 34.9 Å². The molecule has 1 aromatic carbocycles. The van der Waals surface area contributed by atoms with Crippen LogP contribution in [-0.2, 0) is 4.79 Å².